The van der Waals surface area contributed by atoms with E-state index in [1.807, 2.05) is 6.92 Å². The molecule has 0 saturated heterocycles. The van der Waals surface area contributed by atoms with Crippen molar-refractivity contribution in [3.05, 3.63) is 55.9 Å². The van der Waals surface area contributed by atoms with E-state index in [0.717, 1.165) is 16.9 Å². The molecule has 0 radical (unpaired) electrons. The Bertz CT molecular complexity index is 1120. The number of carbonyl (C=O) groups is 2. The Morgan fingerprint density at radius 1 is 1.37 bits per heavy atom. The molecule has 3 aromatic rings. The number of carboxylic acid groups (broad SMARTS) is 1. The van der Waals surface area contributed by atoms with E-state index in [9.17, 15) is 19.5 Å². The second kappa shape index (κ2) is 7.50. The van der Waals surface area contributed by atoms with Gasteiger partial charge in [0.05, 0.1) is 10.9 Å². The van der Waals surface area contributed by atoms with E-state index in [0.29, 0.717) is 27.8 Å². The second-order valence-corrected chi connectivity index (χ2v) is 7.13. The zero-order valence-electron chi connectivity index (χ0n) is 14.6. The second-order valence-electron chi connectivity index (χ2n) is 5.87. The van der Waals surface area contributed by atoms with Crippen molar-refractivity contribution < 1.29 is 14.7 Å². The number of carboxylic acids is 1. The number of anilines is 1. The van der Waals surface area contributed by atoms with Crippen LogP contribution in [0.5, 0.6) is 0 Å². The Morgan fingerprint density at radius 2 is 2.11 bits per heavy atom. The minimum Gasteiger partial charge on any atom is -0.478 e. The zero-order chi connectivity index (χ0) is 19.7. The van der Waals surface area contributed by atoms with Crippen LogP contribution in [0.3, 0.4) is 0 Å². The van der Waals surface area contributed by atoms with Crippen molar-refractivity contribution in [2.45, 2.75) is 26.8 Å². The minimum absolute atomic E-state index is 0.0245. The van der Waals surface area contributed by atoms with Crippen LogP contribution in [0.4, 0.5) is 5.69 Å². The fourth-order valence-corrected chi connectivity index (χ4v) is 3.83. The fourth-order valence-electron chi connectivity index (χ4n) is 2.73. The summed E-state index contributed by atoms with van der Waals surface area (Å²) in [5.74, 6) is -1.20. The van der Waals surface area contributed by atoms with Gasteiger partial charge in [-0.2, -0.15) is 0 Å². The van der Waals surface area contributed by atoms with E-state index in [1.165, 1.54) is 9.95 Å². The molecule has 0 saturated carbocycles. The van der Waals surface area contributed by atoms with Gasteiger partial charge in [-0.15, -0.1) is 11.3 Å². The molecule has 9 heteroatoms. The Labute approximate surface area is 163 Å². The summed E-state index contributed by atoms with van der Waals surface area (Å²) in [6, 6.07) is 5.15. The first-order chi connectivity index (χ1) is 12.8. The molecule has 0 aliphatic carbocycles. The van der Waals surface area contributed by atoms with Gasteiger partial charge in [-0.25, -0.2) is 9.78 Å². The molecule has 0 spiro atoms. The number of hydrogen-bond donors (Lipinski definition) is 2. The highest BCUT2D eigenvalue weighted by atomic mass is 35.5. The number of thiophene rings is 1. The number of nitrogens with one attached hydrogen (secondary N) is 1. The molecule has 27 heavy (non-hydrogen) atoms. The van der Waals surface area contributed by atoms with Gasteiger partial charge in [0.15, 0.2) is 0 Å². The molecule has 1 aromatic carbocycles. The monoisotopic (exact) mass is 405 g/mol. The SMILES string of the molecule is CCc1nc2scc(C(=O)O)c2c(=O)n1CC(=O)Nc1cccc(Cl)c1C. The summed E-state index contributed by atoms with van der Waals surface area (Å²) >= 11 is 7.16. The van der Waals surface area contributed by atoms with Crippen LogP contribution >= 0.6 is 22.9 Å². The Kier molecular flexibility index (Phi) is 5.29. The number of aryl methyl sites for hydroxylation is 1. The molecule has 3 rings (SSSR count). The first kappa shape index (κ1) is 19.1. The summed E-state index contributed by atoms with van der Waals surface area (Å²) in [5, 5.41) is 14.0. The van der Waals surface area contributed by atoms with E-state index in [1.54, 1.807) is 25.1 Å². The van der Waals surface area contributed by atoms with Gasteiger partial charge < -0.3 is 10.4 Å². The van der Waals surface area contributed by atoms with Crippen LogP contribution in [0.15, 0.2) is 28.4 Å². The summed E-state index contributed by atoms with van der Waals surface area (Å²) in [6.45, 7) is 3.32. The molecule has 0 fully saturated rings. The van der Waals surface area contributed by atoms with Gasteiger partial charge in [0.2, 0.25) is 5.91 Å². The van der Waals surface area contributed by atoms with Crippen molar-refractivity contribution in [3.8, 4) is 0 Å². The highest BCUT2D eigenvalue weighted by molar-refractivity contribution is 7.17. The molecule has 0 unspecified atom stereocenters. The van der Waals surface area contributed by atoms with Crippen LogP contribution in [0.2, 0.25) is 5.02 Å². The lowest BCUT2D eigenvalue weighted by molar-refractivity contribution is -0.116. The van der Waals surface area contributed by atoms with Crippen LogP contribution in [-0.4, -0.2) is 26.5 Å². The fraction of sp³-hybridized carbons (Fsp3) is 0.222. The molecule has 2 aromatic heterocycles. The largest absolute Gasteiger partial charge is 0.478 e. The number of benzene rings is 1. The standard InChI is InChI=1S/C18H16ClN3O4S/c1-3-13-21-16-15(10(8-27-16)18(25)26)17(24)22(13)7-14(23)20-12-6-4-5-11(19)9(12)2/h4-6,8H,3,7H2,1-2H3,(H,20,23)(H,25,26). The highest BCUT2D eigenvalue weighted by Crippen LogP contribution is 2.24. The number of halogens is 1. The molecule has 0 bridgehead atoms. The predicted octanol–water partition coefficient (Wildman–Crippen LogP) is 3.32. The Hall–Kier alpha value is -2.71. The van der Waals surface area contributed by atoms with E-state index in [2.05, 4.69) is 10.3 Å². The minimum atomic E-state index is -1.20. The lowest BCUT2D eigenvalue weighted by Crippen LogP contribution is -2.31. The molecular formula is C18H16ClN3O4S. The number of amides is 1. The lowest BCUT2D eigenvalue weighted by atomic mass is 10.2. The number of hydrogen-bond acceptors (Lipinski definition) is 5. The third-order valence-corrected chi connectivity index (χ3v) is 5.44. The van der Waals surface area contributed by atoms with Crippen molar-refractivity contribution in [2.24, 2.45) is 0 Å². The zero-order valence-corrected chi connectivity index (χ0v) is 16.1. The lowest BCUT2D eigenvalue weighted by Gasteiger charge is -2.13. The van der Waals surface area contributed by atoms with Crippen LogP contribution in [-0.2, 0) is 17.8 Å². The normalized spacial score (nSPS) is 10.9. The van der Waals surface area contributed by atoms with Crippen molar-refractivity contribution >= 4 is 50.7 Å². The average molecular weight is 406 g/mol. The third-order valence-electron chi connectivity index (χ3n) is 4.16. The van der Waals surface area contributed by atoms with Gasteiger partial charge in [0.25, 0.3) is 5.56 Å². The number of fused-ring (bicyclic) bond motifs is 1. The van der Waals surface area contributed by atoms with Crippen LogP contribution in [0.1, 0.15) is 28.7 Å². The van der Waals surface area contributed by atoms with Gasteiger partial charge in [0, 0.05) is 22.5 Å². The molecule has 0 aliphatic rings. The average Bonchev–Trinajstić information content (AvgIpc) is 3.05. The molecule has 2 N–H and O–H groups in total. The molecule has 7 nitrogen and oxygen atoms in total. The number of nitrogens with zero attached hydrogens (tertiary/aromatic N) is 2. The van der Waals surface area contributed by atoms with Gasteiger partial charge in [0.1, 0.15) is 17.2 Å². The first-order valence-electron chi connectivity index (χ1n) is 8.12. The molecule has 0 aliphatic heterocycles. The first-order valence-corrected chi connectivity index (χ1v) is 9.38. The summed E-state index contributed by atoms with van der Waals surface area (Å²) in [7, 11) is 0. The molecule has 2 heterocycles. The van der Waals surface area contributed by atoms with E-state index in [4.69, 9.17) is 11.6 Å². The predicted molar refractivity (Wildman–Crippen MR) is 105 cm³/mol. The van der Waals surface area contributed by atoms with Crippen LogP contribution in [0.25, 0.3) is 10.2 Å². The molecular weight excluding hydrogens is 390 g/mol. The molecule has 140 valence electrons. The smallest absolute Gasteiger partial charge is 0.337 e. The highest BCUT2D eigenvalue weighted by Gasteiger charge is 2.20. The van der Waals surface area contributed by atoms with Gasteiger partial charge in [-0.3, -0.25) is 14.2 Å². The van der Waals surface area contributed by atoms with E-state index in [-0.39, 0.29) is 17.5 Å². The number of rotatable bonds is 5. The van der Waals surface area contributed by atoms with E-state index < -0.39 is 17.4 Å². The van der Waals surface area contributed by atoms with Crippen molar-refractivity contribution in [3.63, 3.8) is 0 Å². The number of carbonyl (C=O) groups excluding carboxylic acids is 1. The van der Waals surface area contributed by atoms with E-state index >= 15 is 0 Å². The molecule has 1 amide bonds. The van der Waals surface area contributed by atoms with Crippen LogP contribution in [0, 0.1) is 6.92 Å². The Balaban J connectivity index is 2.00. The topological polar surface area (TPSA) is 101 Å². The number of aromatic carboxylic acids is 1. The van der Waals surface area contributed by atoms with Crippen LogP contribution < -0.4 is 10.9 Å². The molecule has 0 atom stereocenters. The maximum Gasteiger partial charge on any atom is 0.337 e. The van der Waals surface area contributed by atoms with Crippen molar-refractivity contribution in [2.75, 3.05) is 5.32 Å². The van der Waals surface area contributed by atoms with Gasteiger partial charge >= 0.3 is 5.97 Å². The summed E-state index contributed by atoms with van der Waals surface area (Å²) < 4.78 is 1.22. The maximum absolute atomic E-state index is 12.9. The quantitative estimate of drug-likeness (QED) is 0.678. The number of aromatic nitrogens is 2. The van der Waals surface area contributed by atoms with Gasteiger partial charge in [-0.1, -0.05) is 24.6 Å². The Morgan fingerprint density at radius 3 is 2.78 bits per heavy atom. The summed E-state index contributed by atoms with van der Waals surface area (Å²) in [4.78, 5) is 41.5. The van der Waals surface area contributed by atoms with Crippen molar-refractivity contribution in [1.29, 1.82) is 0 Å². The summed E-state index contributed by atoms with van der Waals surface area (Å²) in [5.41, 5.74) is 0.632. The maximum atomic E-state index is 12.9. The van der Waals surface area contributed by atoms with Gasteiger partial charge in [-0.05, 0) is 24.6 Å². The third kappa shape index (κ3) is 3.58. The van der Waals surface area contributed by atoms with Crippen molar-refractivity contribution in [1.82, 2.24) is 9.55 Å². The summed E-state index contributed by atoms with van der Waals surface area (Å²) in [6.07, 6.45) is 0.426.